The minimum Gasteiger partial charge on any atom is -0.493 e. The Morgan fingerprint density at radius 3 is 2.75 bits per heavy atom. The normalized spacial score (nSPS) is 18.4. The molecule has 0 aromatic heterocycles. The molecule has 2 aromatic carbocycles. The van der Waals surface area contributed by atoms with Crippen molar-refractivity contribution in [1.29, 1.82) is 0 Å². The van der Waals surface area contributed by atoms with E-state index < -0.39 is 0 Å². The number of nitrogens with one attached hydrogen (secondary N) is 1. The third kappa shape index (κ3) is 2.54. The monoisotopic (exact) mass is 287 g/mol. The van der Waals surface area contributed by atoms with Crippen molar-refractivity contribution in [2.75, 3.05) is 13.7 Å². The Morgan fingerprint density at radius 1 is 1.20 bits per heavy atom. The van der Waals surface area contributed by atoms with Crippen LogP contribution in [0.1, 0.15) is 17.0 Å². The largest absolute Gasteiger partial charge is 0.493 e. The van der Waals surface area contributed by atoms with Gasteiger partial charge in [-0.05, 0) is 31.2 Å². The summed E-state index contributed by atoms with van der Waals surface area (Å²) in [6.07, 6.45) is 0.901. The molecular weight excluding hydrogens is 270 g/mol. The van der Waals surface area contributed by atoms with E-state index in [0.29, 0.717) is 12.0 Å². The van der Waals surface area contributed by atoms with E-state index in [-0.39, 0.29) is 0 Å². The van der Waals surface area contributed by atoms with E-state index in [4.69, 9.17) is 16.3 Å². The van der Waals surface area contributed by atoms with Gasteiger partial charge in [0, 0.05) is 22.5 Å². The molecule has 0 spiro atoms. The second-order valence-electron chi connectivity index (χ2n) is 5.15. The number of hydrogen-bond acceptors (Lipinski definition) is 2. The van der Waals surface area contributed by atoms with Gasteiger partial charge >= 0.3 is 0 Å². The molecule has 3 heteroatoms. The van der Waals surface area contributed by atoms with E-state index in [2.05, 4.69) is 23.5 Å². The van der Waals surface area contributed by atoms with Crippen molar-refractivity contribution >= 4 is 11.6 Å². The van der Waals surface area contributed by atoms with Gasteiger partial charge in [0.2, 0.25) is 0 Å². The Balaban J connectivity index is 1.83. The predicted octanol–water partition coefficient (Wildman–Crippen LogP) is 3.65. The molecular formula is C17H18ClNO. The SMILES string of the molecule is CNC(Cc1ccccc1Cl)C1COc2ccccc21. The second kappa shape index (κ2) is 5.86. The van der Waals surface area contributed by atoms with Crippen LogP contribution in [0, 0.1) is 0 Å². The van der Waals surface area contributed by atoms with Crippen molar-refractivity contribution in [1.82, 2.24) is 5.32 Å². The van der Waals surface area contributed by atoms with E-state index in [9.17, 15) is 0 Å². The summed E-state index contributed by atoms with van der Waals surface area (Å²) in [4.78, 5) is 0. The third-order valence-electron chi connectivity index (χ3n) is 3.99. The third-order valence-corrected chi connectivity index (χ3v) is 4.36. The van der Waals surface area contributed by atoms with Gasteiger partial charge < -0.3 is 10.1 Å². The Kier molecular flexibility index (Phi) is 3.95. The summed E-state index contributed by atoms with van der Waals surface area (Å²) in [6.45, 7) is 0.731. The van der Waals surface area contributed by atoms with Gasteiger partial charge in [0.15, 0.2) is 0 Å². The summed E-state index contributed by atoms with van der Waals surface area (Å²) in [7, 11) is 2.00. The van der Waals surface area contributed by atoms with Crippen molar-refractivity contribution in [3.05, 3.63) is 64.7 Å². The second-order valence-corrected chi connectivity index (χ2v) is 5.55. The number of rotatable bonds is 4. The molecule has 1 aliphatic rings. The summed E-state index contributed by atoms with van der Waals surface area (Å²) in [5.74, 6) is 1.38. The van der Waals surface area contributed by atoms with Gasteiger partial charge in [-0.15, -0.1) is 0 Å². The van der Waals surface area contributed by atoms with E-state index in [1.54, 1.807) is 0 Å². The lowest BCUT2D eigenvalue weighted by Gasteiger charge is -2.23. The Bertz CT molecular complexity index is 599. The highest BCUT2D eigenvalue weighted by Crippen LogP contribution is 2.36. The molecule has 0 radical (unpaired) electrons. The molecule has 1 aliphatic heterocycles. The molecule has 0 amide bonds. The first kappa shape index (κ1) is 13.5. The highest BCUT2D eigenvalue weighted by atomic mass is 35.5. The number of fused-ring (bicyclic) bond motifs is 1. The van der Waals surface area contributed by atoms with Crippen LogP contribution in [0.5, 0.6) is 5.75 Å². The topological polar surface area (TPSA) is 21.3 Å². The first-order valence-corrected chi connectivity index (χ1v) is 7.30. The molecule has 0 saturated heterocycles. The van der Waals surface area contributed by atoms with E-state index in [1.807, 2.05) is 37.4 Å². The predicted molar refractivity (Wildman–Crippen MR) is 82.7 cm³/mol. The molecule has 1 heterocycles. The number of halogens is 1. The number of benzene rings is 2. The Morgan fingerprint density at radius 2 is 1.95 bits per heavy atom. The molecule has 20 heavy (non-hydrogen) atoms. The first-order chi connectivity index (χ1) is 9.79. The molecule has 0 fully saturated rings. The molecule has 2 atom stereocenters. The fourth-order valence-electron chi connectivity index (χ4n) is 2.87. The van der Waals surface area contributed by atoms with Gasteiger partial charge in [-0.25, -0.2) is 0 Å². The summed E-state index contributed by atoms with van der Waals surface area (Å²) in [5.41, 5.74) is 2.47. The smallest absolute Gasteiger partial charge is 0.122 e. The molecule has 2 unspecified atom stereocenters. The van der Waals surface area contributed by atoms with Crippen LogP contribution in [-0.4, -0.2) is 19.7 Å². The number of para-hydroxylation sites is 1. The highest BCUT2D eigenvalue weighted by molar-refractivity contribution is 6.31. The van der Waals surface area contributed by atoms with Crippen molar-refractivity contribution in [3.63, 3.8) is 0 Å². The maximum Gasteiger partial charge on any atom is 0.122 e. The average Bonchev–Trinajstić information content (AvgIpc) is 2.90. The lowest BCUT2D eigenvalue weighted by molar-refractivity contribution is 0.302. The van der Waals surface area contributed by atoms with Crippen molar-refractivity contribution in [2.45, 2.75) is 18.4 Å². The standard InChI is InChI=1S/C17H18ClNO/c1-19-16(10-12-6-2-4-8-15(12)18)14-11-20-17-9-5-3-7-13(14)17/h2-9,14,16,19H,10-11H2,1H3. The summed E-state index contributed by atoms with van der Waals surface area (Å²) in [5, 5.41) is 4.26. The average molecular weight is 288 g/mol. The summed E-state index contributed by atoms with van der Waals surface area (Å²) in [6, 6.07) is 16.6. The molecule has 2 nitrogen and oxygen atoms in total. The van der Waals surface area contributed by atoms with Crippen molar-refractivity contribution in [3.8, 4) is 5.75 Å². The maximum atomic E-state index is 6.27. The highest BCUT2D eigenvalue weighted by Gasteiger charge is 2.30. The van der Waals surface area contributed by atoms with Crippen LogP contribution in [-0.2, 0) is 6.42 Å². The molecule has 3 rings (SSSR count). The van der Waals surface area contributed by atoms with Gasteiger partial charge in [0.1, 0.15) is 5.75 Å². The van der Waals surface area contributed by atoms with Crippen LogP contribution < -0.4 is 10.1 Å². The summed E-state index contributed by atoms with van der Waals surface area (Å²) < 4.78 is 5.79. The van der Waals surface area contributed by atoms with Crippen LogP contribution in [0.25, 0.3) is 0 Å². The fraction of sp³-hybridized carbons (Fsp3) is 0.294. The van der Waals surface area contributed by atoms with Gasteiger partial charge in [0.05, 0.1) is 6.61 Å². The first-order valence-electron chi connectivity index (χ1n) is 6.92. The molecule has 1 N–H and O–H groups in total. The van der Waals surface area contributed by atoms with Gasteiger partial charge in [0.25, 0.3) is 0 Å². The Hall–Kier alpha value is -1.51. The molecule has 0 aliphatic carbocycles. The number of ether oxygens (including phenoxy) is 1. The van der Waals surface area contributed by atoms with E-state index >= 15 is 0 Å². The zero-order chi connectivity index (χ0) is 13.9. The van der Waals surface area contributed by atoms with Gasteiger partial charge in [-0.1, -0.05) is 48.0 Å². The van der Waals surface area contributed by atoms with Crippen LogP contribution in [0.4, 0.5) is 0 Å². The molecule has 0 bridgehead atoms. The molecule has 2 aromatic rings. The van der Waals surface area contributed by atoms with Crippen molar-refractivity contribution < 1.29 is 4.74 Å². The van der Waals surface area contributed by atoms with E-state index in [0.717, 1.165) is 23.8 Å². The minimum absolute atomic E-state index is 0.318. The molecule has 0 saturated carbocycles. The maximum absolute atomic E-state index is 6.27. The van der Waals surface area contributed by atoms with Gasteiger partial charge in [-0.3, -0.25) is 0 Å². The zero-order valence-corrected chi connectivity index (χ0v) is 12.2. The lowest BCUT2D eigenvalue weighted by Crippen LogP contribution is -2.35. The van der Waals surface area contributed by atoms with Crippen molar-refractivity contribution in [2.24, 2.45) is 0 Å². The quantitative estimate of drug-likeness (QED) is 0.927. The van der Waals surface area contributed by atoms with Crippen LogP contribution in [0.3, 0.4) is 0 Å². The van der Waals surface area contributed by atoms with Gasteiger partial charge in [-0.2, -0.15) is 0 Å². The number of hydrogen-bond donors (Lipinski definition) is 1. The minimum atomic E-state index is 0.318. The van der Waals surface area contributed by atoms with E-state index in [1.165, 1.54) is 11.1 Å². The number of likely N-dealkylation sites (N-methyl/N-ethyl adjacent to an activating group) is 1. The van der Waals surface area contributed by atoms with Crippen LogP contribution in [0.2, 0.25) is 5.02 Å². The Labute approximate surface area is 124 Å². The lowest BCUT2D eigenvalue weighted by atomic mass is 9.89. The molecule has 104 valence electrons. The fourth-order valence-corrected chi connectivity index (χ4v) is 3.08. The van der Waals surface area contributed by atoms with Crippen LogP contribution >= 0.6 is 11.6 Å². The summed E-state index contributed by atoms with van der Waals surface area (Å²) >= 11 is 6.27. The van der Waals surface area contributed by atoms with Crippen LogP contribution in [0.15, 0.2) is 48.5 Å². The zero-order valence-electron chi connectivity index (χ0n) is 11.5.